The zero-order chi connectivity index (χ0) is 9.14. The highest BCUT2D eigenvalue weighted by Gasteiger charge is 2.08. The van der Waals surface area contributed by atoms with Crippen molar-refractivity contribution in [1.29, 1.82) is 0 Å². The fourth-order valence-electron chi connectivity index (χ4n) is 0.772. The zero-order valence-electron chi connectivity index (χ0n) is 6.29. The van der Waals surface area contributed by atoms with Crippen LogP contribution in [0.3, 0.4) is 0 Å². The van der Waals surface area contributed by atoms with Crippen molar-refractivity contribution in [2.45, 2.75) is 0 Å². The first-order valence-electron chi connectivity index (χ1n) is 3.22. The molecular formula is C8H5F3Si. The van der Waals surface area contributed by atoms with Crippen LogP contribution in [0.1, 0.15) is 5.56 Å². The van der Waals surface area contributed by atoms with Gasteiger partial charge in [-0.05, 0) is 12.1 Å². The van der Waals surface area contributed by atoms with E-state index in [2.05, 4.69) is 11.5 Å². The summed E-state index contributed by atoms with van der Waals surface area (Å²) in [6, 6.07) is 1.76. The molecule has 0 aromatic heterocycles. The lowest BCUT2D eigenvalue weighted by atomic mass is 10.2. The summed E-state index contributed by atoms with van der Waals surface area (Å²) in [5, 5.41) is 0. The van der Waals surface area contributed by atoms with Gasteiger partial charge >= 0.3 is 0 Å². The largest absolute Gasteiger partial charge is 0.204 e. The minimum Gasteiger partial charge on any atom is -0.204 e. The van der Waals surface area contributed by atoms with E-state index in [-0.39, 0.29) is 5.56 Å². The molecule has 0 fully saturated rings. The molecule has 12 heavy (non-hydrogen) atoms. The lowest BCUT2D eigenvalue weighted by Gasteiger charge is -1.95. The molecule has 1 aromatic carbocycles. The number of hydrogen-bond acceptors (Lipinski definition) is 0. The second kappa shape index (κ2) is 3.46. The average molecular weight is 186 g/mol. The van der Waals surface area contributed by atoms with Crippen LogP contribution in [0.25, 0.3) is 0 Å². The third kappa shape index (κ3) is 1.68. The molecular weight excluding hydrogens is 181 g/mol. The van der Waals surface area contributed by atoms with E-state index >= 15 is 0 Å². The maximum atomic E-state index is 12.5. The van der Waals surface area contributed by atoms with Crippen LogP contribution >= 0.6 is 0 Å². The first-order valence-corrected chi connectivity index (χ1v) is 4.22. The maximum absolute atomic E-state index is 12.5. The Labute approximate surface area is 70.8 Å². The average Bonchev–Trinajstić information content (AvgIpc) is 2.01. The first-order chi connectivity index (χ1) is 5.65. The van der Waals surface area contributed by atoms with Crippen molar-refractivity contribution in [3.05, 3.63) is 35.1 Å². The van der Waals surface area contributed by atoms with Crippen LogP contribution < -0.4 is 0 Å². The van der Waals surface area contributed by atoms with Crippen molar-refractivity contribution in [1.82, 2.24) is 0 Å². The van der Waals surface area contributed by atoms with Gasteiger partial charge in [-0.3, -0.25) is 0 Å². The Bertz CT molecular complexity index is 339. The number of hydrogen-bond donors (Lipinski definition) is 0. The molecule has 0 heterocycles. The lowest BCUT2D eigenvalue weighted by molar-refractivity contribution is 0.446. The Hall–Kier alpha value is -1.21. The number of halogens is 3. The SMILES string of the molecule is Fc1cc(C#C[SiH3])cc(F)c1F. The van der Waals surface area contributed by atoms with E-state index in [1.165, 1.54) is 0 Å². The van der Waals surface area contributed by atoms with Crippen molar-refractivity contribution >= 4 is 10.2 Å². The van der Waals surface area contributed by atoms with Gasteiger partial charge in [0, 0.05) is 5.56 Å². The van der Waals surface area contributed by atoms with E-state index in [1.54, 1.807) is 0 Å². The molecule has 1 rings (SSSR count). The third-order valence-electron chi connectivity index (χ3n) is 1.25. The molecule has 4 heteroatoms. The summed E-state index contributed by atoms with van der Waals surface area (Å²) in [5.74, 6) is -1.37. The number of benzene rings is 1. The van der Waals surface area contributed by atoms with Crippen LogP contribution in [0, 0.1) is 28.9 Å². The van der Waals surface area contributed by atoms with Gasteiger partial charge in [-0.25, -0.2) is 13.2 Å². The van der Waals surface area contributed by atoms with Gasteiger partial charge in [0.1, 0.15) is 0 Å². The molecule has 1 aromatic rings. The molecule has 0 nitrogen and oxygen atoms in total. The van der Waals surface area contributed by atoms with Gasteiger partial charge in [0.25, 0.3) is 0 Å². The van der Waals surface area contributed by atoms with Crippen molar-refractivity contribution in [3.8, 4) is 11.5 Å². The standard InChI is InChI=1S/C8H5F3Si/c9-6-3-5(1-2-12)4-7(10)8(6)11/h3-4H,12H3. The van der Waals surface area contributed by atoms with E-state index in [1.807, 2.05) is 0 Å². The van der Waals surface area contributed by atoms with E-state index < -0.39 is 17.5 Å². The highest BCUT2D eigenvalue weighted by molar-refractivity contribution is 6.22. The summed E-state index contributed by atoms with van der Waals surface area (Å²) in [5.41, 5.74) is 2.76. The summed E-state index contributed by atoms with van der Waals surface area (Å²) in [4.78, 5) is 0. The topological polar surface area (TPSA) is 0 Å². The van der Waals surface area contributed by atoms with Gasteiger partial charge in [-0.1, -0.05) is 5.92 Å². The Morgan fingerprint density at radius 1 is 1.08 bits per heavy atom. The summed E-state index contributed by atoms with van der Waals surface area (Å²) < 4.78 is 37.3. The molecule has 0 aliphatic rings. The molecule has 0 saturated carbocycles. The smallest absolute Gasteiger partial charge is 0.194 e. The highest BCUT2D eigenvalue weighted by Crippen LogP contribution is 2.12. The van der Waals surface area contributed by atoms with Gasteiger partial charge in [-0.15, -0.1) is 5.54 Å². The van der Waals surface area contributed by atoms with Crippen LogP contribution in [0.2, 0.25) is 0 Å². The molecule has 0 N–H and O–H groups in total. The fraction of sp³-hybridized carbons (Fsp3) is 0. The Kier molecular flexibility index (Phi) is 2.56. The molecule has 0 radical (unpaired) electrons. The maximum Gasteiger partial charge on any atom is 0.194 e. The molecule has 0 bridgehead atoms. The van der Waals surface area contributed by atoms with Crippen LogP contribution in [0.4, 0.5) is 13.2 Å². The molecule has 0 aliphatic heterocycles. The van der Waals surface area contributed by atoms with Crippen molar-refractivity contribution in [2.75, 3.05) is 0 Å². The van der Waals surface area contributed by atoms with Gasteiger partial charge in [0.15, 0.2) is 17.5 Å². The Balaban J connectivity index is 3.27. The minimum absolute atomic E-state index is 0.168. The molecule has 0 amide bonds. The van der Waals surface area contributed by atoms with Crippen molar-refractivity contribution in [3.63, 3.8) is 0 Å². The normalized spacial score (nSPS) is 9.25. The summed E-state index contributed by atoms with van der Waals surface area (Å²) in [6.45, 7) is 0. The molecule has 62 valence electrons. The lowest BCUT2D eigenvalue weighted by Crippen LogP contribution is -1.91. The molecule has 0 unspecified atom stereocenters. The molecule has 0 spiro atoms. The fourth-order valence-corrected chi connectivity index (χ4v) is 1.06. The second-order valence-corrected chi connectivity index (χ2v) is 2.63. The van der Waals surface area contributed by atoms with Crippen LogP contribution in [-0.2, 0) is 0 Å². The Morgan fingerprint density at radius 3 is 2.00 bits per heavy atom. The van der Waals surface area contributed by atoms with Crippen LogP contribution in [-0.4, -0.2) is 10.2 Å². The quantitative estimate of drug-likeness (QED) is 0.319. The van der Waals surface area contributed by atoms with E-state index in [0.29, 0.717) is 10.2 Å². The van der Waals surface area contributed by atoms with Crippen LogP contribution in [0.15, 0.2) is 12.1 Å². The van der Waals surface area contributed by atoms with Gasteiger partial charge in [-0.2, -0.15) is 0 Å². The van der Waals surface area contributed by atoms with Gasteiger partial charge in [0.05, 0.1) is 10.2 Å². The van der Waals surface area contributed by atoms with E-state index in [4.69, 9.17) is 0 Å². The third-order valence-corrected chi connectivity index (χ3v) is 1.50. The van der Waals surface area contributed by atoms with Crippen LogP contribution in [0.5, 0.6) is 0 Å². The predicted molar refractivity (Wildman–Crippen MR) is 43.1 cm³/mol. The Morgan fingerprint density at radius 2 is 1.58 bits per heavy atom. The molecule has 0 aliphatic carbocycles. The first kappa shape index (κ1) is 8.88. The van der Waals surface area contributed by atoms with E-state index in [9.17, 15) is 13.2 Å². The van der Waals surface area contributed by atoms with Gasteiger partial charge < -0.3 is 0 Å². The summed E-state index contributed by atoms with van der Waals surface area (Å²) in [7, 11) is 0.618. The van der Waals surface area contributed by atoms with Crippen molar-refractivity contribution < 1.29 is 13.2 Å². The second-order valence-electron chi connectivity index (χ2n) is 2.13. The highest BCUT2D eigenvalue weighted by atomic mass is 28.1. The monoisotopic (exact) mass is 186 g/mol. The summed E-state index contributed by atoms with van der Waals surface area (Å²) >= 11 is 0. The van der Waals surface area contributed by atoms with E-state index in [0.717, 1.165) is 12.1 Å². The van der Waals surface area contributed by atoms with Crippen molar-refractivity contribution in [2.24, 2.45) is 0 Å². The summed E-state index contributed by atoms with van der Waals surface area (Å²) in [6.07, 6.45) is 0. The molecule has 0 saturated heterocycles. The molecule has 0 atom stereocenters. The minimum atomic E-state index is -1.45. The van der Waals surface area contributed by atoms with Gasteiger partial charge in [0.2, 0.25) is 0 Å². The number of rotatable bonds is 0. The zero-order valence-corrected chi connectivity index (χ0v) is 8.29. The predicted octanol–water partition coefficient (Wildman–Crippen LogP) is 0.778.